The number of nitrogens with one attached hydrogen (secondary N) is 3. The number of aromatic nitrogens is 3. The van der Waals surface area contributed by atoms with Gasteiger partial charge in [0, 0.05) is 18.1 Å². The normalized spacial score (nSPS) is 13.7. The summed E-state index contributed by atoms with van der Waals surface area (Å²) in [4.78, 5) is 16.1. The first kappa shape index (κ1) is 15.5. The maximum atomic E-state index is 11.9. The Bertz CT molecular complexity index is 567. The molecule has 2 amide bonds. The molecule has 0 aliphatic carbocycles. The minimum absolute atomic E-state index is 0.207. The number of H-pyrrole nitrogens is 1. The number of hydrogen-bond acceptors (Lipinski definition) is 5. The van der Waals surface area contributed by atoms with E-state index in [9.17, 15) is 9.90 Å². The van der Waals surface area contributed by atoms with Gasteiger partial charge in [-0.15, -0.1) is 11.3 Å². The molecule has 0 radical (unpaired) electrons. The van der Waals surface area contributed by atoms with Crippen LogP contribution in [0.1, 0.15) is 20.3 Å². The van der Waals surface area contributed by atoms with E-state index >= 15 is 0 Å². The van der Waals surface area contributed by atoms with Crippen LogP contribution < -0.4 is 10.6 Å². The fraction of sp³-hybridized carbons (Fsp3) is 0.462. The summed E-state index contributed by atoms with van der Waals surface area (Å²) < 4.78 is 0. The lowest BCUT2D eigenvalue weighted by atomic mass is 10.1. The SMILES string of the molecule is CC(O)CC(C)CNC(=O)Nc1cn[nH]c1-c1nccs1. The van der Waals surface area contributed by atoms with E-state index in [4.69, 9.17) is 0 Å². The molecule has 0 aliphatic heterocycles. The van der Waals surface area contributed by atoms with Gasteiger partial charge in [-0.05, 0) is 19.3 Å². The molecule has 2 rings (SSSR count). The fourth-order valence-corrected chi connectivity index (χ4v) is 2.64. The lowest BCUT2D eigenvalue weighted by Gasteiger charge is -2.14. The second-order valence-corrected chi connectivity index (χ2v) is 5.92. The number of aliphatic hydroxyl groups excluding tert-OH is 1. The highest BCUT2D eigenvalue weighted by Gasteiger charge is 2.13. The minimum Gasteiger partial charge on any atom is -0.393 e. The zero-order valence-electron chi connectivity index (χ0n) is 12.0. The number of hydrogen-bond donors (Lipinski definition) is 4. The van der Waals surface area contributed by atoms with Crippen LogP contribution in [0.2, 0.25) is 0 Å². The molecule has 8 heteroatoms. The summed E-state index contributed by atoms with van der Waals surface area (Å²) in [5.74, 6) is 0.207. The Kier molecular flexibility index (Phi) is 5.29. The molecule has 114 valence electrons. The number of urea groups is 1. The quantitative estimate of drug-likeness (QED) is 0.656. The zero-order valence-corrected chi connectivity index (χ0v) is 12.8. The molecule has 7 nitrogen and oxygen atoms in total. The van der Waals surface area contributed by atoms with E-state index in [1.165, 1.54) is 11.3 Å². The first-order chi connectivity index (χ1) is 10.1. The lowest BCUT2D eigenvalue weighted by molar-refractivity contribution is 0.163. The fourth-order valence-electron chi connectivity index (χ4n) is 1.99. The van der Waals surface area contributed by atoms with Crippen molar-refractivity contribution in [1.82, 2.24) is 20.5 Å². The number of carbonyl (C=O) groups is 1. The molecule has 0 saturated heterocycles. The number of amides is 2. The van der Waals surface area contributed by atoms with Crippen LogP contribution in [0.3, 0.4) is 0 Å². The van der Waals surface area contributed by atoms with Crippen LogP contribution in [0.4, 0.5) is 10.5 Å². The van der Waals surface area contributed by atoms with Crippen molar-refractivity contribution in [2.45, 2.75) is 26.4 Å². The highest BCUT2D eigenvalue weighted by atomic mass is 32.1. The number of aliphatic hydroxyl groups is 1. The Morgan fingerprint density at radius 2 is 2.33 bits per heavy atom. The van der Waals surface area contributed by atoms with Crippen LogP contribution >= 0.6 is 11.3 Å². The van der Waals surface area contributed by atoms with E-state index in [0.717, 1.165) is 5.01 Å². The first-order valence-electron chi connectivity index (χ1n) is 6.72. The molecule has 4 N–H and O–H groups in total. The van der Waals surface area contributed by atoms with Crippen LogP contribution in [-0.4, -0.2) is 39.0 Å². The molecule has 21 heavy (non-hydrogen) atoms. The summed E-state index contributed by atoms with van der Waals surface area (Å²) in [6.07, 6.45) is 3.53. The molecule has 0 aliphatic rings. The number of nitrogens with zero attached hydrogens (tertiary/aromatic N) is 2. The van der Waals surface area contributed by atoms with Crippen molar-refractivity contribution in [3.8, 4) is 10.7 Å². The van der Waals surface area contributed by atoms with E-state index in [2.05, 4.69) is 25.8 Å². The number of rotatable bonds is 6. The maximum absolute atomic E-state index is 11.9. The van der Waals surface area contributed by atoms with Gasteiger partial charge in [-0.3, -0.25) is 5.10 Å². The zero-order chi connectivity index (χ0) is 15.2. The Hall–Kier alpha value is -1.93. The van der Waals surface area contributed by atoms with E-state index in [-0.39, 0.29) is 18.1 Å². The predicted octanol–water partition coefficient (Wildman–Crippen LogP) is 2.06. The van der Waals surface area contributed by atoms with Gasteiger partial charge in [0.15, 0.2) is 0 Å². The van der Waals surface area contributed by atoms with Crippen molar-refractivity contribution >= 4 is 23.1 Å². The molecule has 2 unspecified atom stereocenters. The molecule has 0 saturated carbocycles. The van der Waals surface area contributed by atoms with Crippen molar-refractivity contribution in [3.05, 3.63) is 17.8 Å². The van der Waals surface area contributed by atoms with Crippen LogP contribution in [0.15, 0.2) is 17.8 Å². The summed E-state index contributed by atoms with van der Waals surface area (Å²) in [6, 6.07) is -0.299. The van der Waals surface area contributed by atoms with Gasteiger partial charge in [-0.1, -0.05) is 6.92 Å². The van der Waals surface area contributed by atoms with Crippen LogP contribution in [0.25, 0.3) is 10.7 Å². The summed E-state index contributed by atoms with van der Waals surface area (Å²) in [5, 5.41) is 24.2. The van der Waals surface area contributed by atoms with Crippen molar-refractivity contribution < 1.29 is 9.90 Å². The van der Waals surface area contributed by atoms with Crippen LogP contribution in [-0.2, 0) is 0 Å². The highest BCUT2D eigenvalue weighted by Crippen LogP contribution is 2.26. The van der Waals surface area contributed by atoms with E-state index in [0.29, 0.717) is 24.3 Å². The Morgan fingerprint density at radius 1 is 1.52 bits per heavy atom. The van der Waals surface area contributed by atoms with E-state index in [1.54, 1.807) is 19.3 Å². The van der Waals surface area contributed by atoms with Gasteiger partial charge >= 0.3 is 6.03 Å². The number of thiazole rings is 1. The molecule has 2 aromatic rings. The van der Waals surface area contributed by atoms with Crippen LogP contribution in [0.5, 0.6) is 0 Å². The topological polar surface area (TPSA) is 103 Å². The molecular weight excluding hydrogens is 290 g/mol. The van der Waals surface area contributed by atoms with E-state index < -0.39 is 0 Å². The summed E-state index contributed by atoms with van der Waals surface area (Å²) in [5.41, 5.74) is 1.28. The average Bonchev–Trinajstić information content (AvgIpc) is 3.05. The molecule has 0 bridgehead atoms. The minimum atomic E-state index is -0.366. The molecule has 0 aromatic carbocycles. The average molecular weight is 309 g/mol. The standard InChI is InChI=1S/C13H19N5O2S/c1-8(5-9(2)19)6-15-13(20)17-10-7-16-18-11(10)12-14-3-4-21-12/h3-4,7-9,19H,5-6H2,1-2H3,(H,16,18)(H2,15,17,20). The van der Waals surface area contributed by atoms with Crippen molar-refractivity contribution in [2.24, 2.45) is 5.92 Å². The molecule has 2 atom stereocenters. The molecular formula is C13H19N5O2S. The third-order valence-corrected chi connectivity index (χ3v) is 3.68. The molecule has 0 fully saturated rings. The first-order valence-corrected chi connectivity index (χ1v) is 7.60. The van der Waals surface area contributed by atoms with Gasteiger partial charge in [-0.25, -0.2) is 9.78 Å². The van der Waals surface area contributed by atoms with Gasteiger partial charge in [0.1, 0.15) is 10.7 Å². The van der Waals surface area contributed by atoms with Crippen molar-refractivity contribution in [1.29, 1.82) is 0 Å². The smallest absolute Gasteiger partial charge is 0.319 e. The largest absolute Gasteiger partial charge is 0.393 e. The third kappa shape index (κ3) is 4.54. The Labute approximate surface area is 126 Å². The maximum Gasteiger partial charge on any atom is 0.319 e. The summed E-state index contributed by atoms with van der Waals surface area (Å²) in [7, 11) is 0. The van der Waals surface area contributed by atoms with E-state index in [1.807, 2.05) is 12.3 Å². The Morgan fingerprint density at radius 3 is 3.00 bits per heavy atom. The number of anilines is 1. The summed E-state index contributed by atoms with van der Waals surface area (Å²) >= 11 is 1.47. The molecule has 2 aromatic heterocycles. The van der Waals surface area contributed by atoms with Crippen LogP contribution in [0, 0.1) is 5.92 Å². The summed E-state index contributed by atoms with van der Waals surface area (Å²) in [6.45, 7) is 4.22. The van der Waals surface area contributed by atoms with Gasteiger partial charge in [0.2, 0.25) is 0 Å². The predicted molar refractivity (Wildman–Crippen MR) is 82.2 cm³/mol. The van der Waals surface area contributed by atoms with Gasteiger partial charge < -0.3 is 15.7 Å². The van der Waals surface area contributed by atoms with Gasteiger partial charge in [-0.2, -0.15) is 5.10 Å². The number of aromatic amines is 1. The lowest BCUT2D eigenvalue weighted by Crippen LogP contribution is -2.33. The van der Waals surface area contributed by atoms with Crippen molar-refractivity contribution in [3.63, 3.8) is 0 Å². The second-order valence-electron chi connectivity index (χ2n) is 5.02. The van der Waals surface area contributed by atoms with Gasteiger partial charge in [0.05, 0.1) is 18.0 Å². The second kappa shape index (κ2) is 7.19. The van der Waals surface area contributed by atoms with Crippen molar-refractivity contribution in [2.75, 3.05) is 11.9 Å². The molecule has 2 heterocycles. The third-order valence-electron chi connectivity index (χ3n) is 2.89. The Balaban J connectivity index is 1.88. The number of carbonyl (C=O) groups excluding carboxylic acids is 1. The van der Waals surface area contributed by atoms with Gasteiger partial charge in [0.25, 0.3) is 0 Å². The monoisotopic (exact) mass is 309 g/mol. The highest BCUT2D eigenvalue weighted by molar-refractivity contribution is 7.13. The molecule has 0 spiro atoms.